The molecule has 61 heavy (non-hydrogen) atoms. The minimum Gasteiger partial charge on any atom is -0.493 e. The Kier molecular flexibility index (Phi) is 10.8. The summed E-state index contributed by atoms with van der Waals surface area (Å²) in [5, 5.41) is 4.12. The molecule has 1 unspecified atom stereocenters. The Morgan fingerprint density at radius 1 is 0.836 bits per heavy atom. The number of ether oxygens (including phenoxy) is 5. The predicted molar refractivity (Wildman–Crippen MR) is 222 cm³/mol. The van der Waals surface area contributed by atoms with E-state index >= 15 is 0 Å². The number of alkyl halides is 4. The van der Waals surface area contributed by atoms with Crippen LogP contribution in [0.5, 0.6) is 23.0 Å². The number of hydrogen-bond donors (Lipinski definition) is 4. The van der Waals surface area contributed by atoms with Crippen molar-refractivity contribution in [2.45, 2.75) is 12.1 Å². The van der Waals surface area contributed by atoms with Crippen LogP contribution in [0.4, 0.5) is 29.3 Å². The third kappa shape index (κ3) is 7.22. The van der Waals surface area contributed by atoms with Crippen molar-refractivity contribution >= 4 is 83.9 Å². The van der Waals surface area contributed by atoms with E-state index in [0.29, 0.717) is 70.9 Å². The lowest BCUT2D eigenvalue weighted by atomic mass is 9.95. The van der Waals surface area contributed by atoms with Gasteiger partial charge in [-0.05, 0) is 49.0 Å². The number of methoxy groups -OCH3 is 4. The molecule has 1 saturated heterocycles. The third-order valence-electron chi connectivity index (χ3n) is 11.0. The van der Waals surface area contributed by atoms with Gasteiger partial charge >= 0.3 is 18.2 Å². The fourth-order valence-electron chi connectivity index (χ4n) is 8.00. The van der Waals surface area contributed by atoms with Crippen molar-refractivity contribution in [1.29, 1.82) is 0 Å². The molecule has 5 heterocycles. The van der Waals surface area contributed by atoms with E-state index in [0.717, 1.165) is 7.11 Å². The molecule has 2 aliphatic rings. The van der Waals surface area contributed by atoms with E-state index in [1.54, 1.807) is 36.4 Å². The van der Waals surface area contributed by atoms with E-state index < -0.39 is 47.2 Å². The maximum Gasteiger partial charge on any atom is 0.432 e. The number of halogens is 4. The summed E-state index contributed by atoms with van der Waals surface area (Å²) >= 11 is 3.46. The lowest BCUT2D eigenvalue weighted by molar-refractivity contribution is -0.141. The number of carbonyl (C=O) groups is 4. The number of nitrogens with one attached hydrogen (secondary N) is 4. The van der Waals surface area contributed by atoms with Gasteiger partial charge in [0.25, 0.3) is 11.8 Å². The maximum absolute atomic E-state index is 14.6. The van der Waals surface area contributed by atoms with Crippen LogP contribution >= 0.6 is 15.9 Å². The molecule has 1 atom stereocenters. The molecule has 8 rings (SSSR count). The number of amides is 3. The number of aromatic nitrogens is 3. The number of hydrogen-bond acceptors (Lipinski definition) is 10. The van der Waals surface area contributed by atoms with Gasteiger partial charge in [0.2, 0.25) is 5.75 Å². The van der Waals surface area contributed by atoms with Gasteiger partial charge in [0.15, 0.2) is 17.2 Å². The summed E-state index contributed by atoms with van der Waals surface area (Å²) in [5.74, 6) is -2.02. The monoisotopic (exact) mass is 909 g/mol. The Hall–Kier alpha value is -6.41. The van der Waals surface area contributed by atoms with Gasteiger partial charge in [-0.1, -0.05) is 15.9 Å². The summed E-state index contributed by atoms with van der Waals surface area (Å²) in [5.41, 5.74) is -0.133. The number of aromatic amines is 3. The normalized spacial score (nSPS) is 15.7. The second kappa shape index (κ2) is 15.9. The first kappa shape index (κ1) is 41.3. The number of nitrogens with zero attached hydrogens (tertiary/aromatic N) is 3. The van der Waals surface area contributed by atoms with E-state index in [2.05, 4.69) is 36.2 Å². The first-order chi connectivity index (χ1) is 29.2. The van der Waals surface area contributed by atoms with Crippen LogP contribution in [0.25, 0.3) is 32.7 Å². The lowest BCUT2D eigenvalue weighted by Gasteiger charge is -2.31. The van der Waals surface area contributed by atoms with Crippen molar-refractivity contribution < 1.29 is 56.0 Å². The quantitative estimate of drug-likeness (QED) is 0.0863. The molecular formula is C41H39BrF3N7O9. The highest BCUT2D eigenvalue weighted by Gasteiger charge is 2.44. The maximum atomic E-state index is 14.6. The molecule has 3 aromatic carbocycles. The van der Waals surface area contributed by atoms with Gasteiger partial charge in [-0.3, -0.25) is 9.59 Å². The first-order valence-electron chi connectivity index (χ1n) is 18.9. The molecule has 0 spiro atoms. The number of esters is 1. The van der Waals surface area contributed by atoms with Crippen LogP contribution in [0.1, 0.15) is 48.5 Å². The van der Waals surface area contributed by atoms with Crippen LogP contribution in [0.15, 0.2) is 42.5 Å². The van der Waals surface area contributed by atoms with Crippen LogP contribution < -0.4 is 29.2 Å². The number of anilines is 2. The number of carbonyl (C=O) groups excluding carboxylic acids is 4. The van der Waals surface area contributed by atoms with E-state index in [-0.39, 0.29) is 51.2 Å². The predicted octanol–water partition coefficient (Wildman–Crippen LogP) is 7.10. The molecule has 1 fully saturated rings. The average Bonchev–Trinajstić information content (AvgIpc) is 4.05. The largest absolute Gasteiger partial charge is 0.493 e. The second-order valence-electron chi connectivity index (χ2n) is 14.6. The number of fused-ring (bicyclic) bond motifs is 5. The molecule has 320 valence electrons. The van der Waals surface area contributed by atoms with Crippen molar-refractivity contribution in [3.63, 3.8) is 0 Å². The highest BCUT2D eigenvalue weighted by molar-refractivity contribution is 9.09. The first-order valence-corrected chi connectivity index (χ1v) is 20.0. The molecule has 16 nitrogen and oxygen atoms in total. The number of H-pyrrole nitrogens is 3. The van der Waals surface area contributed by atoms with Gasteiger partial charge in [-0.2, -0.15) is 13.2 Å². The molecule has 20 heteroatoms. The van der Waals surface area contributed by atoms with Gasteiger partial charge in [0.1, 0.15) is 17.1 Å². The van der Waals surface area contributed by atoms with Crippen LogP contribution in [-0.2, 0) is 10.9 Å². The molecular weight excluding hydrogens is 871 g/mol. The standard InChI is InChI=1S/C41H39BrF3N7O9/c1-50-8-10-51(11-9-50)40(56)61-27-16-26-29(30-31(39(55)60-5)36(41(43,44)45)49-33(27)30)21(17-42)18-52(26)38(54)25-13-19-12-22(6-7-23(19)47-25)46-37(53)24-14-20-15-28(57-2)34(58-3)35(59-4)32(20)48-24/h6-7,12-16,21,47-49H,8-11,17-18H2,1-5H3,(H,46,53). The minimum atomic E-state index is -5.03. The Bertz CT molecular complexity index is 2750. The summed E-state index contributed by atoms with van der Waals surface area (Å²) in [4.78, 5) is 67.9. The van der Waals surface area contributed by atoms with Crippen LogP contribution in [-0.4, -0.2) is 122 Å². The van der Waals surface area contributed by atoms with Gasteiger partial charge < -0.3 is 58.7 Å². The Balaban J connectivity index is 1.14. The van der Waals surface area contributed by atoms with E-state index in [9.17, 15) is 32.3 Å². The van der Waals surface area contributed by atoms with E-state index in [4.69, 9.17) is 23.7 Å². The number of likely N-dealkylation sites (N-methyl/N-ethyl adjacent to an activating group) is 1. The molecule has 0 radical (unpaired) electrons. The van der Waals surface area contributed by atoms with E-state index in [1.807, 2.05) is 11.9 Å². The van der Waals surface area contributed by atoms with Crippen molar-refractivity contribution in [3.8, 4) is 23.0 Å². The molecule has 6 aromatic rings. The molecule has 4 N–H and O–H groups in total. The molecule has 0 saturated carbocycles. The van der Waals surface area contributed by atoms with Crippen LogP contribution in [0, 0.1) is 0 Å². The fraction of sp³-hybridized carbons (Fsp3) is 0.317. The molecule has 0 aliphatic carbocycles. The van der Waals surface area contributed by atoms with Crippen LogP contribution in [0.2, 0.25) is 0 Å². The third-order valence-corrected chi connectivity index (χ3v) is 11.8. The van der Waals surface area contributed by atoms with Gasteiger partial charge in [-0.25, -0.2) is 9.59 Å². The van der Waals surface area contributed by atoms with Gasteiger partial charge in [0, 0.05) is 77.4 Å². The van der Waals surface area contributed by atoms with Crippen molar-refractivity contribution in [3.05, 3.63) is 70.7 Å². The summed E-state index contributed by atoms with van der Waals surface area (Å²) in [6, 6.07) is 11.3. The Morgan fingerprint density at radius 3 is 2.21 bits per heavy atom. The highest BCUT2D eigenvalue weighted by atomic mass is 79.9. The summed E-state index contributed by atoms with van der Waals surface area (Å²) < 4.78 is 70.9. The SMILES string of the molecule is COC(=O)c1c(C(F)(F)F)[nH]c2c(OC(=O)N3CCN(C)CC3)cc3c(c12)C(CBr)CN3C(=O)c1cc2cc(NC(=O)c3cc4cc(OC)c(OC)c(OC)c4[nH]3)ccc2[nH]1. The smallest absolute Gasteiger partial charge is 0.432 e. The molecule has 0 bridgehead atoms. The fourth-order valence-corrected chi connectivity index (χ4v) is 8.53. The number of piperazine rings is 1. The zero-order valence-electron chi connectivity index (χ0n) is 33.4. The topological polar surface area (TPSA) is 184 Å². The molecule has 3 amide bonds. The molecule has 2 aliphatic heterocycles. The summed E-state index contributed by atoms with van der Waals surface area (Å²) in [6.07, 6.45) is -5.83. The minimum absolute atomic E-state index is 0.00122. The van der Waals surface area contributed by atoms with Crippen molar-refractivity contribution in [1.82, 2.24) is 24.8 Å². The van der Waals surface area contributed by atoms with Crippen molar-refractivity contribution in [2.75, 3.05) is 83.8 Å². The van der Waals surface area contributed by atoms with Crippen LogP contribution in [0.3, 0.4) is 0 Å². The average molecular weight is 911 g/mol. The Morgan fingerprint density at radius 2 is 1.56 bits per heavy atom. The zero-order valence-corrected chi connectivity index (χ0v) is 35.0. The van der Waals surface area contributed by atoms with Crippen molar-refractivity contribution in [2.24, 2.45) is 0 Å². The van der Waals surface area contributed by atoms with E-state index in [1.165, 1.54) is 37.2 Å². The van der Waals surface area contributed by atoms with Gasteiger partial charge in [0.05, 0.1) is 50.7 Å². The van der Waals surface area contributed by atoms with Gasteiger partial charge in [-0.15, -0.1) is 0 Å². The number of rotatable bonds is 9. The highest BCUT2D eigenvalue weighted by Crippen LogP contribution is 2.50. The summed E-state index contributed by atoms with van der Waals surface area (Å²) in [7, 11) is 7.32. The second-order valence-corrected chi connectivity index (χ2v) is 15.2. The molecule has 3 aromatic heterocycles. The zero-order chi connectivity index (χ0) is 43.5. The summed E-state index contributed by atoms with van der Waals surface area (Å²) in [6.45, 7) is 1.76. The lowest BCUT2D eigenvalue weighted by Crippen LogP contribution is -2.48. The number of benzene rings is 3. The Labute approximate surface area is 353 Å².